The van der Waals surface area contributed by atoms with Crippen molar-refractivity contribution in [3.63, 3.8) is 0 Å². The number of hydrogen-bond acceptors (Lipinski definition) is 3. The van der Waals surface area contributed by atoms with Crippen molar-refractivity contribution in [2.24, 2.45) is 5.92 Å². The maximum atomic E-state index is 10.5. The van der Waals surface area contributed by atoms with Gasteiger partial charge in [0.25, 0.3) is 0 Å². The van der Waals surface area contributed by atoms with Crippen molar-refractivity contribution in [1.82, 2.24) is 0 Å². The van der Waals surface area contributed by atoms with Gasteiger partial charge >= 0.3 is 0 Å². The molecule has 0 aliphatic rings. The molecule has 0 aliphatic carbocycles. The Morgan fingerprint density at radius 3 is 2.32 bits per heavy atom. The van der Waals surface area contributed by atoms with E-state index < -0.39 is 14.4 Å². The first-order chi connectivity index (χ1) is 11.6. The van der Waals surface area contributed by atoms with Crippen LogP contribution < -0.4 is 0 Å². The second kappa shape index (κ2) is 9.67. The van der Waals surface area contributed by atoms with Gasteiger partial charge in [-0.15, -0.1) is 6.58 Å². The standard InChI is InChI=1S/C21H36O3Si/c1-8-17(2)20(23-15-18-12-10-9-11-13-18)14-19(22)16-24-25(6,7)21(3,4)5/h8-13,17,19-20,22H,1,14-16H2,2-7H3/t17-,19-,20+/m0/s1. The Morgan fingerprint density at radius 1 is 1.20 bits per heavy atom. The van der Waals surface area contributed by atoms with E-state index in [2.05, 4.69) is 47.4 Å². The van der Waals surface area contributed by atoms with Crippen molar-refractivity contribution >= 4 is 8.32 Å². The molecule has 0 fully saturated rings. The summed E-state index contributed by atoms with van der Waals surface area (Å²) in [4.78, 5) is 0. The lowest BCUT2D eigenvalue weighted by molar-refractivity contribution is -0.0252. The highest BCUT2D eigenvalue weighted by molar-refractivity contribution is 6.74. The second-order valence-electron chi connectivity index (χ2n) is 8.39. The quantitative estimate of drug-likeness (QED) is 0.460. The first-order valence-electron chi connectivity index (χ1n) is 9.17. The van der Waals surface area contributed by atoms with E-state index in [1.165, 1.54) is 0 Å². The minimum absolute atomic E-state index is 0.0734. The molecule has 1 N–H and O–H groups in total. The average molecular weight is 365 g/mol. The molecule has 3 nitrogen and oxygen atoms in total. The molecule has 0 heterocycles. The van der Waals surface area contributed by atoms with E-state index in [1.54, 1.807) is 0 Å². The van der Waals surface area contributed by atoms with Gasteiger partial charge in [-0.1, -0.05) is 64.1 Å². The maximum Gasteiger partial charge on any atom is 0.192 e. The highest BCUT2D eigenvalue weighted by Gasteiger charge is 2.37. The number of rotatable bonds is 10. The predicted octanol–water partition coefficient (Wildman–Crippen LogP) is 5.17. The summed E-state index contributed by atoms with van der Waals surface area (Å²) in [6.45, 7) is 17.9. The van der Waals surface area contributed by atoms with Crippen molar-refractivity contribution in [2.75, 3.05) is 6.61 Å². The SMILES string of the molecule is C=C[C@H](C)[C@@H](C[C@H](O)CO[Si](C)(C)C(C)(C)C)OCc1ccccc1. The molecule has 3 atom stereocenters. The summed E-state index contributed by atoms with van der Waals surface area (Å²) in [5.74, 6) is 0.172. The summed E-state index contributed by atoms with van der Waals surface area (Å²) in [5.41, 5.74) is 1.13. The largest absolute Gasteiger partial charge is 0.414 e. The van der Waals surface area contributed by atoms with E-state index in [4.69, 9.17) is 9.16 Å². The molecule has 4 heteroatoms. The zero-order valence-corrected chi connectivity index (χ0v) is 17.8. The van der Waals surface area contributed by atoms with Gasteiger partial charge in [0.05, 0.1) is 25.4 Å². The number of hydrogen-bond donors (Lipinski definition) is 1. The minimum Gasteiger partial charge on any atom is -0.414 e. The third kappa shape index (κ3) is 7.44. The Bertz CT molecular complexity index is 508. The molecule has 0 bridgehead atoms. The molecule has 0 amide bonds. The second-order valence-corrected chi connectivity index (χ2v) is 13.2. The van der Waals surface area contributed by atoms with Gasteiger partial charge in [0.2, 0.25) is 0 Å². The van der Waals surface area contributed by atoms with Crippen LogP contribution >= 0.6 is 0 Å². The predicted molar refractivity (Wildman–Crippen MR) is 108 cm³/mol. The van der Waals surface area contributed by atoms with Gasteiger partial charge in [0.15, 0.2) is 8.32 Å². The van der Waals surface area contributed by atoms with Crippen LogP contribution in [-0.4, -0.2) is 32.2 Å². The van der Waals surface area contributed by atoms with Crippen LogP contribution in [0.15, 0.2) is 43.0 Å². The molecule has 1 aromatic carbocycles. The van der Waals surface area contributed by atoms with Crippen LogP contribution in [0.1, 0.15) is 39.7 Å². The molecule has 0 aromatic heterocycles. The fraction of sp³-hybridized carbons (Fsp3) is 0.619. The van der Waals surface area contributed by atoms with E-state index in [9.17, 15) is 5.11 Å². The van der Waals surface area contributed by atoms with Gasteiger partial charge in [0.1, 0.15) is 0 Å². The summed E-state index contributed by atoms with van der Waals surface area (Å²) in [7, 11) is -1.85. The van der Waals surface area contributed by atoms with Crippen LogP contribution in [0.4, 0.5) is 0 Å². The van der Waals surface area contributed by atoms with Crippen LogP contribution in [0, 0.1) is 5.92 Å². The highest BCUT2D eigenvalue weighted by Crippen LogP contribution is 2.36. The lowest BCUT2D eigenvalue weighted by Crippen LogP contribution is -2.43. The first kappa shape index (κ1) is 22.1. The molecule has 142 valence electrons. The average Bonchev–Trinajstić information content (AvgIpc) is 2.56. The van der Waals surface area contributed by atoms with E-state index in [0.717, 1.165) is 5.56 Å². The molecule has 0 saturated carbocycles. The van der Waals surface area contributed by atoms with Gasteiger partial charge < -0.3 is 14.3 Å². The molecule has 0 saturated heterocycles. The zero-order valence-electron chi connectivity index (χ0n) is 16.8. The summed E-state index contributed by atoms with van der Waals surface area (Å²) in [6, 6.07) is 10.1. The third-order valence-corrected chi connectivity index (χ3v) is 9.71. The molecule has 1 aromatic rings. The minimum atomic E-state index is -1.85. The number of ether oxygens (including phenoxy) is 1. The molecular weight excluding hydrogens is 328 g/mol. The van der Waals surface area contributed by atoms with Crippen LogP contribution in [0.5, 0.6) is 0 Å². The molecular formula is C21H36O3Si. The van der Waals surface area contributed by atoms with Crippen LogP contribution in [-0.2, 0) is 15.8 Å². The van der Waals surface area contributed by atoms with Gasteiger partial charge in [-0.2, -0.15) is 0 Å². The molecule has 0 spiro atoms. The lowest BCUT2D eigenvalue weighted by atomic mass is 9.99. The van der Waals surface area contributed by atoms with Crippen LogP contribution in [0.25, 0.3) is 0 Å². The summed E-state index contributed by atoms with van der Waals surface area (Å²) < 4.78 is 12.2. The molecule has 25 heavy (non-hydrogen) atoms. The van der Waals surface area contributed by atoms with Crippen molar-refractivity contribution in [1.29, 1.82) is 0 Å². The van der Waals surface area contributed by atoms with Crippen molar-refractivity contribution in [3.8, 4) is 0 Å². The smallest absolute Gasteiger partial charge is 0.192 e. The number of aliphatic hydroxyl groups is 1. The monoisotopic (exact) mass is 364 g/mol. The normalized spacial score (nSPS) is 16.3. The Morgan fingerprint density at radius 2 is 1.80 bits per heavy atom. The van der Waals surface area contributed by atoms with Crippen LogP contribution in [0.2, 0.25) is 18.1 Å². The fourth-order valence-corrected chi connectivity index (χ4v) is 3.26. The fourth-order valence-electron chi connectivity index (χ4n) is 2.22. The van der Waals surface area contributed by atoms with Crippen molar-refractivity contribution < 1.29 is 14.3 Å². The van der Waals surface area contributed by atoms with Gasteiger partial charge in [-0.05, 0) is 23.7 Å². The number of benzene rings is 1. The van der Waals surface area contributed by atoms with Crippen LogP contribution in [0.3, 0.4) is 0 Å². The highest BCUT2D eigenvalue weighted by atomic mass is 28.4. The summed E-state index contributed by atoms with van der Waals surface area (Å²) in [5, 5.41) is 10.6. The van der Waals surface area contributed by atoms with Gasteiger partial charge in [-0.3, -0.25) is 0 Å². The maximum absolute atomic E-state index is 10.5. The Hall–Kier alpha value is -0.943. The van der Waals surface area contributed by atoms with Gasteiger partial charge in [-0.25, -0.2) is 0 Å². The Kier molecular flexibility index (Phi) is 8.55. The van der Waals surface area contributed by atoms with E-state index in [1.807, 2.05) is 36.4 Å². The summed E-state index contributed by atoms with van der Waals surface area (Å²) in [6.07, 6.45) is 1.83. The molecule has 0 unspecified atom stereocenters. The molecule has 0 radical (unpaired) electrons. The first-order valence-corrected chi connectivity index (χ1v) is 12.1. The topological polar surface area (TPSA) is 38.7 Å². The van der Waals surface area contributed by atoms with Crippen molar-refractivity contribution in [3.05, 3.63) is 48.6 Å². The van der Waals surface area contributed by atoms with Gasteiger partial charge in [0, 0.05) is 12.3 Å². The Labute approximate surface area is 155 Å². The van der Waals surface area contributed by atoms with E-state index in [-0.39, 0.29) is 17.1 Å². The van der Waals surface area contributed by atoms with Crippen molar-refractivity contribution in [2.45, 2.75) is 71.1 Å². The van der Waals surface area contributed by atoms with E-state index >= 15 is 0 Å². The summed E-state index contributed by atoms with van der Waals surface area (Å²) >= 11 is 0. The lowest BCUT2D eigenvalue weighted by Gasteiger charge is -2.37. The number of aliphatic hydroxyl groups excluding tert-OH is 1. The Balaban J connectivity index is 2.58. The molecule has 1 rings (SSSR count). The zero-order chi connectivity index (χ0) is 19.1. The third-order valence-electron chi connectivity index (χ3n) is 5.21. The van der Waals surface area contributed by atoms with E-state index in [0.29, 0.717) is 19.6 Å². The molecule has 0 aliphatic heterocycles.